The number of aliphatic hydroxyl groups excluding tert-OH is 1. The van der Waals surface area contributed by atoms with Crippen LogP contribution in [0.2, 0.25) is 0 Å². The summed E-state index contributed by atoms with van der Waals surface area (Å²) in [5.41, 5.74) is 2.93. The van der Waals surface area contributed by atoms with Crippen molar-refractivity contribution in [3.63, 3.8) is 0 Å². The molecule has 0 aliphatic carbocycles. The molecule has 6 nitrogen and oxygen atoms in total. The van der Waals surface area contributed by atoms with E-state index in [9.17, 15) is 9.90 Å². The molecule has 1 amide bonds. The van der Waals surface area contributed by atoms with Gasteiger partial charge in [-0.2, -0.15) is 5.10 Å². The number of aromatic nitrogens is 2. The van der Waals surface area contributed by atoms with E-state index in [0.717, 1.165) is 24.3 Å². The lowest BCUT2D eigenvalue weighted by Gasteiger charge is -2.15. The molecular formula is C17H22N4O2. The van der Waals surface area contributed by atoms with Crippen LogP contribution in [0.1, 0.15) is 17.7 Å². The average Bonchev–Trinajstić information content (AvgIpc) is 3.06. The first-order chi connectivity index (χ1) is 11.0. The van der Waals surface area contributed by atoms with Crippen molar-refractivity contribution in [1.82, 2.24) is 14.7 Å². The molecule has 1 aromatic carbocycles. The fourth-order valence-electron chi connectivity index (χ4n) is 2.81. The van der Waals surface area contributed by atoms with Gasteiger partial charge in [-0.05, 0) is 32.4 Å². The quantitative estimate of drug-likeness (QED) is 0.897. The third-order valence-electron chi connectivity index (χ3n) is 3.99. The Labute approximate surface area is 135 Å². The summed E-state index contributed by atoms with van der Waals surface area (Å²) in [6, 6.07) is 9.85. The largest absolute Gasteiger partial charge is 0.392 e. The summed E-state index contributed by atoms with van der Waals surface area (Å²) < 4.78 is 1.74. The van der Waals surface area contributed by atoms with Gasteiger partial charge in [0.2, 0.25) is 5.91 Å². The van der Waals surface area contributed by atoms with Gasteiger partial charge >= 0.3 is 0 Å². The molecule has 23 heavy (non-hydrogen) atoms. The van der Waals surface area contributed by atoms with Gasteiger partial charge in [-0.3, -0.25) is 9.69 Å². The number of hydrogen-bond acceptors (Lipinski definition) is 4. The summed E-state index contributed by atoms with van der Waals surface area (Å²) in [7, 11) is 0. The van der Waals surface area contributed by atoms with Crippen molar-refractivity contribution < 1.29 is 9.90 Å². The van der Waals surface area contributed by atoms with E-state index in [4.69, 9.17) is 0 Å². The third-order valence-corrected chi connectivity index (χ3v) is 3.99. The van der Waals surface area contributed by atoms with Crippen LogP contribution < -0.4 is 5.32 Å². The molecule has 3 rings (SSSR count). The SMILES string of the molecule is Cc1ccc(-n2nc(C)cc2NC(=O)CN2CC[C@H](O)C2)cc1. The van der Waals surface area contributed by atoms with Crippen molar-refractivity contribution in [2.45, 2.75) is 26.4 Å². The van der Waals surface area contributed by atoms with Crippen molar-refractivity contribution in [2.24, 2.45) is 0 Å². The van der Waals surface area contributed by atoms with E-state index in [1.807, 2.05) is 49.1 Å². The zero-order chi connectivity index (χ0) is 16.4. The van der Waals surface area contributed by atoms with Crippen LogP contribution in [0, 0.1) is 13.8 Å². The van der Waals surface area contributed by atoms with E-state index >= 15 is 0 Å². The van der Waals surface area contributed by atoms with E-state index in [0.29, 0.717) is 12.4 Å². The Kier molecular flexibility index (Phi) is 4.45. The Hall–Kier alpha value is -2.18. The smallest absolute Gasteiger partial charge is 0.239 e. The minimum Gasteiger partial charge on any atom is -0.392 e. The van der Waals surface area contributed by atoms with Crippen LogP contribution in [0.25, 0.3) is 5.69 Å². The maximum Gasteiger partial charge on any atom is 0.239 e. The highest BCUT2D eigenvalue weighted by atomic mass is 16.3. The number of anilines is 1. The molecule has 0 saturated carbocycles. The minimum absolute atomic E-state index is 0.0904. The highest BCUT2D eigenvalue weighted by Crippen LogP contribution is 2.18. The molecule has 2 N–H and O–H groups in total. The second-order valence-electron chi connectivity index (χ2n) is 6.14. The maximum atomic E-state index is 12.2. The van der Waals surface area contributed by atoms with Crippen LogP contribution in [0.3, 0.4) is 0 Å². The van der Waals surface area contributed by atoms with Gasteiger partial charge in [0.25, 0.3) is 0 Å². The van der Waals surface area contributed by atoms with Crippen LogP contribution in [0.5, 0.6) is 0 Å². The maximum absolute atomic E-state index is 12.2. The number of carbonyl (C=O) groups excluding carboxylic acids is 1. The molecule has 0 radical (unpaired) electrons. The summed E-state index contributed by atoms with van der Waals surface area (Å²) in [5.74, 6) is 0.573. The summed E-state index contributed by atoms with van der Waals surface area (Å²) in [4.78, 5) is 14.2. The van der Waals surface area contributed by atoms with E-state index in [1.165, 1.54) is 5.56 Å². The number of likely N-dealkylation sites (tertiary alicyclic amines) is 1. The summed E-state index contributed by atoms with van der Waals surface area (Å²) in [5, 5.41) is 16.9. The molecular weight excluding hydrogens is 292 g/mol. The number of nitrogens with zero attached hydrogens (tertiary/aromatic N) is 3. The van der Waals surface area contributed by atoms with Crippen molar-refractivity contribution in [3.8, 4) is 5.69 Å². The Morgan fingerprint density at radius 3 is 2.74 bits per heavy atom. The van der Waals surface area contributed by atoms with Gasteiger partial charge in [0, 0.05) is 19.2 Å². The van der Waals surface area contributed by atoms with E-state index in [1.54, 1.807) is 4.68 Å². The second-order valence-corrected chi connectivity index (χ2v) is 6.14. The average molecular weight is 314 g/mol. The molecule has 1 aliphatic rings. The number of aliphatic hydroxyl groups is 1. The number of β-amino-alcohol motifs (C(OH)–C–C–N with tert-alkyl or cyclic N) is 1. The zero-order valence-corrected chi connectivity index (χ0v) is 13.5. The summed E-state index contributed by atoms with van der Waals surface area (Å²) >= 11 is 0. The van der Waals surface area contributed by atoms with Crippen LogP contribution in [0.15, 0.2) is 30.3 Å². The van der Waals surface area contributed by atoms with Gasteiger partial charge in [0.1, 0.15) is 5.82 Å². The predicted molar refractivity (Wildman–Crippen MR) is 88.7 cm³/mol. The molecule has 2 aromatic rings. The van der Waals surface area contributed by atoms with Crippen molar-refractivity contribution >= 4 is 11.7 Å². The molecule has 1 aromatic heterocycles. The first-order valence-corrected chi connectivity index (χ1v) is 7.85. The van der Waals surface area contributed by atoms with Gasteiger partial charge in [0.15, 0.2) is 0 Å². The van der Waals surface area contributed by atoms with Crippen LogP contribution in [-0.2, 0) is 4.79 Å². The van der Waals surface area contributed by atoms with Crippen LogP contribution in [0.4, 0.5) is 5.82 Å². The Bertz CT molecular complexity index is 693. The summed E-state index contributed by atoms with van der Waals surface area (Å²) in [6.45, 7) is 5.53. The lowest BCUT2D eigenvalue weighted by atomic mass is 10.2. The Morgan fingerprint density at radius 2 is 2.09 bits per heavy atom. The Balaban J connectivity index is 1.72. The number of benzene rings is 1. The van der Waals surface area contributed by atoms with E-state index < -0.39 is 0 Å². The van der Waals surface area contributed by atoms with E-state index in [-0.39, 0.29) is 18.6 Å². The minimum atomic E-state index is -0.317. The second kappa shape index (κ2) is 6.52. The lowest BCUT2D eigenvalue weighted by molar-refractivity contribution is -0.117. The van der Waals surface area contributed by atoms with Crippen LogP contribution in [-0.4, -0.2) is 51.4 Å². The zero-order valence-electron chi connectivity index (χ0n) is 13.5. The molecule has 1 aliphatic heterocycles. The molecule has 1 saturated heterocycles. The molecule has 122 valence electrons. The fraction of sp³-hybridized carbons (Fsp3) is 0.412. The van der Waals surface area contributed by atoms with Gasteiger partial charge in [-0.25, -0.2) is 4.68 Å². The highest BCUT2D eigenvalue weighted by Gasteiger charge is 2.22. The van der Waals surface area contributed by atoms with Gasteiger partial charge in [-0.15, -0.1) is 0 Å². The molecule has 0 bridgehead atoms. The number of aryl methyl sites for hydroxylation is 2. The molecule has 0 unspecified atom stereocenters. The Morgan fingerprint density at radius 1 is 1.35 bits per heavy atom. The first-order valence-electron chi connectivity index (χ1n) is 7.85. The van der Waals surface area contributed by atoms with Crippen molar-refractivity contribution in [3.05, 3.63) is 41.6 Å². The van der Waals surface area contributed by atoms with E-state index in [2.05, 4.69) is 10.4 Å². The number of hydrogen-bond donors (Lipinski definition) is 2. The molecule has 2 heterocycles. The number of rotatable bonds is 4. The molecule has 6 heteroatoms. The standard InChI is InChI=1S/C17H22N4O2/c1-12-3-5-14(6-4-12)21-16(9-13(2)19-21)18-17(23)11-20-8-7-15(22)10-20/h3-6,9,15,22H,7-8,10-11H2,1-2H3,(H,18,23)/t15-/m0/s1. The molecule has 0 spiro atoms. The topological polar surface area (TPSA) is 70.4 Å². The number of carbonyl (C=O) groups is 1. The monoisotopic (exact) mass is 314 g/mol. The first kappa shape index (κ1) is 15.7. The van der Waals surface area contributed by atoms with Crippen LogP contribution >= 0.6 is 0 Å². The molecule has 1 fully saturated rings. The summed E-state index contributed by atoms with van der Waals surface area (Å²) in [6.07, 6.45) is 0.413. The third kappa shape index (κ3) is 3.78. The fourth-order valence-corrected chi connectivity index (χ4v) is 2.81. The van der Waals surface area contributed by atoms with Gasteiger partial charge < -0.3 is 10.4 Å². The van der Waals surface area contributed by atoms with Crippen molar-refractivity contribution in [1.29, 1.82) is 0 Å². The number of nitrogens with one attached hydrogen (secondary N) is 1. The normalized spacial score (nSPS) is 18.3. The lowest BCUT2D eigenvalue weighted by Crippen LogP contribution is -2.32. The van der Waals surface area contributed by atoms with Crippen molar-refractivity contribution in [2.75, 3.05) is 25.0 Å². The highest BCUT2D eigenvalue weighted by molar-refractivity contribution is 5.91. The molecule has 1 atom stereocenters. The van der Waals surface area contributed by atoms with Gasteiger partial charge in [-0.1, -0.05) is 17.7 Å². The van der Waals surface area contributed by atoms with Gasteiger partial charge in [0.05, 0.1) is 24.0 Å². The number of amides is 1. The predicted octanol–water partition coefficient (Wildman–Crippen LogP) is 1.49.